The normalized spacial score (nSPS) is 11.3. The zero-order valence-corrected chi connectivity index (χ0v) is 24.1. The fourth-order valence-electron chi connectivity index (χ4n) is 4.74. The Balaban J connectivity index is 0.000000300. The third-order valence-electron chi connectivity index (χ3n) is 6.62. The SMILES string of the molecule is C=C.CCl.CNc1cnc2[nH]c(C(=O)N3CCc4c3cc(O)c3cccc(C)c43)cc2c1.Nc1ccc(C=O)cc1. The first-order chi connectivity index (χ1) is 19.9. The highest BCUT2D eigenvalue weighted by Crippen LogP contribution is 2.41. The van der Waals surface area contributed by atoms with Crippen LogP contribution in [0, 0.1) is 6.92 Å². The number of phenolic OH excluding ortho intramolecular Hbond substituents is 1. The minimum atomic E-state index is -0.116. The molecule has 0 aliphatic carbocycles. The second-order valence-electron chi connectivity index (χ2n) is 8.98. The molecule has 0 bridgehead atoms. The van der Waals surface area contributed by atoms with Crippen molar-refractivity contribution in [2.75, 3.05) is 35.9 Å². The minimum Gasteiger partial charge on any atom is -0.507 e. The maximum Gasteiger partial charge on any atom is 0.274 e. The summed E-state index contributed by atoms with van der Waals surface area (Å²) in [7, 11) is 1.83. The molecule has 5 aromatic rings. The number of phenols is 1. The lowest BCUT2D eigenvalue weighted by Crippen LogP contribution is -2.29. The van der Waals surface area contributed by atoms with Gasteiger partial charge in [-0.05, 0) is 66.3 Å². The molecule has 3 heterocycles. The van der Waals surface area contributed by atoms with Crippen LogP contribution in [0.25, 0.3) is 21.8 Å². The van der Waals surface area contributed by atoms with Crippen LogP contribution in [0.15, 0.2) is 80.0 Å². The van der Waals surface area contributed by atoms with Gasteiger partial charge in [-0.3, -0.25) is 9.59 Å². The maximum absolute atomic E-state index is 13.2. The van der Waals surface area contributed by atoms with Gasteiger partial charge in [-0.2, -0.15) is 0 Å². The molecule has 2 aromatic heterocycles. The van der Waals surface area contributed by atoms with Gasteiger partial charge in [0.25, 0.3) is 5.91 Å². The predicted molar refractivity (Wildman–Crippen MR) is 171 cm³/mol. The summed E-state index contributed by atoms with van der Waals surface area (Å²) in [6.45, 7) is 8.63. The number of aromatic amines is 1. The van der Waals surface area contributed by atoms with Crippen molar-refractivity contribution in [2.45, 2.75) is 13.3 Å². The quantitative estimate of drug-likeness (QED) is 0.0825. The van der Waals surface area contributed by atoms with Crippen LogP contribution in [-0.4, -0.2) is 47.2 Å². The number of hydrogen-bond donors (Lipinski definition) is 4. The van der Waals surface area contributed by atoms with E-state index in [-0.39, 0.29) is 11.7 Å². The molecule has 0 saturated heterocycles. The molecule has 8 nitrogen and oxygen atoms in total. The monoisotopic (exact) mass is 571 g/mol. The van der Waals surface area contributed by atoms with Crippen molar-refractivity contribution in [3.63, 3.8) is 0 Å². The Labute approximate surface area is 244 Å². The van der Waals surface area contributed by atoms with Crippen LogP contribution in [0.4, 0.5) is 17.1 Å². The number of H-pyrrole nitrogens is 1. The summed E-state index contributed by atoms with van der Waals surface area (Å²) >= 11 is 4.64. The molecule has 0 unspecified atom stereocenters. The van der Waals surface area contributed by atoms with Crippen molar-refractivity contribution >= 4 is 62.7 Å². The van der Waals surface area contributed by atoms with Crippen molar-refractivity contribution in [1.29, 1.82) is 0 Å². The van der Waals surface area contributed by atoms with E-state index in [0.29, 0.717) is 29.1 Å². The van der Waals surface area contributed by atoms with E-state index in [4.69, 9.17) is 5.73 Å². The number of halogens is 1. The second-order valence-corrected chi connectivity index (χ2v) is 8.98. The first kappa shape index (κ1) is 30.7. The lowest BCUT2D eigenvalue weighted by Gasteiger charge is -2.18. The summed E-state index contributed by atoms with van der Waals surface area (Å²) in [5.41, 5.74) is 11.8. The molecule has 0 saturated carbocycles. The molecule has 41 heavy (non-hydrogen) atoms. The number of nitrogens with one attached hydrogen (secondary N) is 2. The van der Waals surface area contributed by atoms with Crippen LogP contribution in [-0.2, 0) is 6.42 Å². The third kappa shape index (κ3) is 6.50. The number of hydrogen-bond acceptors (Lipinski definition) is 6. The molecular formula is C32H34ClN5O3. The molecule has 0 radical (unpaired) electrons. The van der Waals surface area contributed by atoms with Crippen molar-refractivity contribution in [3.05, 3.63) is 102 Å². The number of pyridine rings is 1. The Morgan fingerprint density at radius 3 is 2.51 bits per heavy atom. The van der Waals surface area contributed by atoms with Gasteiger partial charge < -0.3 is 26.0 Å². The summed E-state index contributed by atoms with van der Waals surface area (Å²) < 4.78 is 0. The van der Waals surface area contributed by atoms with Crippen molar-refractivity contribution in [1.82, 2.24) is 9.97 Å². The number of carbonyl (C=O) groups is 2. The molecule has 1 amide bonds. The number of nitrogens with zero attached hydrogens (tertiary/aromatic N) is 2. The summed E-state index contributed by atoms with van der Waals surface area (Å²) in [4.78, 5) is 32.5. The largest absolute Gasteiger partial charge is 0.507 e. The number of aromatic hydroxyl groups is 1. The molecule has 1 aliphatic heterocycles. The molecule has 6 rings (SSSR count). The second kappa shape index (κ2) is 14.0. The van der Waals surface area contributed by atoms with E-state index in [1.165, 1.54) is 6.38 Å². The van der Waals surface area contributed by atoms with Crippen LogP contribution >= 0.6 is 11.6 Å². The smallest absolute Gasteiger partial charge is 0.274 e. The summed E-state index contributed by atoms with van der Waals surface area (Å²) in [6, 6.07) is 18.2. The summed E-state index contributed by atoms with van der Waals surface area (Å²) in [5, 5.41) is 16.4. The van der Waals surface area contributed by atoms with Gasteiger partial charge >= 0.3 is 0 Å². The number of nitrogens with two attached hydrogens (primary N) is 1. The Bertz CT molecular complexity index is 1660. The minimum absolute atomic E-state index is 0.116. The number of nitrogen functional groups attached to an aromatic ring is 1. The van der Waals surface area contributed by atoms with Crippen LogP contribution in [0.1, 0.15) is 32.0 Å². The molecule has 9 heteroatoms. The molecule has 5 N–H and O–H groups in total. The number of carbonyl (C=O) groups excluding carboxylic acids is 2. The Hall–Kier alpha value is -4.82. The van der Waals surface area contributed by atoms with Crippen molar-refractivity contribution < 1.29 is 14.7 Å². The van der Waals surface area contributed by atoms with Crippen molar-refractivity contribution in [3.8, 4) is 5.75 Å². The number of rotatable bonds is 3. The highest BCUT2D eigenvalue weighted by Gasteiger charge is 2.29. The molecular weight excluding hydrogens is 538 g/mol. The number of amides is 1. The molecule has 1 aliphatic rings. The zero-order chi connectivity index (χ0) is 30.1. The number of anilines is 3. The van der Waals surface area contributed by atoms with Gasteiger partial charge in [-0.1, -0.05) is 18.2 Å². The Morgan fingerprint density at radius 2 is 1.85 bits per heavy atom. The lowest BCUT2D eigenvalue weighted by atomic mass is 9.97. The number of aryl methyl sites for hydroxylation is 1. The number of alkyl halides is 1. The number of aromatic nitrogens is 2. The standard InChI is InChI=1S/C22H20N4O2.C7H7NO.C2H4.CH3Cl/c1-12-4-3-5-16-19(27)10-18-15(20(12)16)6-7-26(18)22(28)17-9-13-8-14(23-2)11-24-21(13)25-17;8-7-3-1-6(5-9)2-4-7;2*1-2/h3-5,8-11,23,27H,6-7H2,1-2H3,(H,24,25);1-5H,8H2;1-2H2;1H3. The van der Waals surface area contributed by atoms with Gasteiger partial charge in [0.15, 0.2) is 0 Å². The predicted octanol–water partition coefficient (Wildman–Crippen LogP) is 6.71. The van der Waals surface area contributed by atoms with Gasteiger partial charge in [-0.15, -0.1) is 24.8 Å². The van der Waals surface area contributed by atoms with Crippen LogP contribution in [0.2, 0.25) is 0 Å². The molecule has 0 fully saturated rings. The van der Waals surface area contributed by atoms with E-state index in [1.807, 2.05) is 44.3 Å². The van der Waals surface area contributed by atoms with Crippen LogP contribution in [0.3, 0.4) is 0 Å². The number of benzene rings is 3. The highest BCUT2D eigenvalue weighted by atomic mass is 35.5. The lowest BCUT2D eigenvalue weighted by molar-refractivity contribution is 0.0985. The average molecular weight is 572 g/mol. The van der Waals surface area contributed by atoms with E-state index in [1.54, 1.807) is 41.4 Å². The number of aldehydes is 1. The Kier molecular flexibility index (Phi) is 10.5. The first-order valence-corrected chi connectivity index (χ1v) is 13.6. The maximum atomic E-state index is 13.2. The van der Waals surface area contributed by atoms with Crippen molar-refractivity contribution in [2.24, 2.45) is 0 Å². The molecule has 0 spiro atoms. The summed E-state index contributed by atoms with van der Waals surface area (Å²) in [6.07, 6.45) is 4.76. The van der Waals surface area contributed by atoms with Crippen LogP contribution in [0.5, 0.6) is 5.75 Å². The number of fused-ring (bicyclic) bond motifs is 4. The fourth-order valence-corrected chi connectivity index (χ4v) is 4.74. The van der Waals surface area contributed by atoms with E-state index in [9.17, 15) is 14.7 Å². The van der Waals surface area contributed by atoms with Gasteiger partial charge in [0.05, 0.1) is 17.6 Å². The van der Waals surface area contributed by atoms with Gasteiger partial charge in [0, 0.05) is 48.1 Å². The van der Waals surface area contributed by atoms with E-state index in [0.717, 1.165) is 51.4 Å². The topological polar surface area (TPSA) is 124 Å². The average Bonchev–Trinajstić information content (AvgIpc) is 3.64. The fraction of sp³-hybridized carbons (Fsp3) is 0.156. The highest BCUT2D eigenvalue weighted by molar-refractivity contribution is 6.15. The van der Waals surface area contributed by atoms with E-state index >= 15 is 0 Å². The molecule has 212 valence electrons. The van der Waals surface area contributed by atoms with Crippen LogP contribution < -0.4 is 16.0 Å². The van der Waals surface area contributed by atoms with E-state index < -0.39 is 0 Å². The van der Waals surface area contributed by atoms with Gasteiger partial charge in [0.1, 0.15) is 23.4 Å². The Morgan fingerprint density at radius 1 is 1.15 bits per heavy atom. The first-order valence-electron chi connectivity index (χ1n) is 12.8. The molecule has 0 atom stereocenters. The zero-order valence-electron chi connectivity index (χ0n) is 23.4. The summed E-state index contributed by atoms with van der Waals surface area (Å²) in [5.74, 6) is 0.0872. The van der Waals surface area contributed by atoms with Gasteiger partial charge in [-0.25, -0.2) is 4.98 Å². The molecule has 3 aromatic carbocycles. The van der Waals surface area contributed by atoms with E-state index in [2.05, 4.69) is 40.0 Å². The van der Waals surface area contributed by atoms with Gasteiger partial charge in [0.2, 0.25) is 0 Å². The third-order valence-corrected chi connectivity index (χ3v) is 6.62.